The molecule has 0 aromatic heterocycles. The van der Waals surface area contributed by atoms with E-state index in [1.165, 1.54) is 12.5 Å². The first-order valence-corrected chi connectivity index (χ1v) is 7.55. The van der Waals surface area contributed by atoms with Crippen molar-refractivity contribution in [3.05, 3.63) is 23.5 Å². The third-order valence-electron chi connectivity index (χ3n) is 4.42. The summed E-state index contributed by atoms with van der Waals surface area (Å²) in [4.78, 5) is 11.3. The van der Waals surface area contributed by atoms with E-state index in [1.54, 1.807) is 0 Å². The standard InChI is InChI=1S/C16H24FN3O/c1-9(2)10-5-3-4-6-14(10)20-15-7-11(16(19)21)13(18)8-12(15)17/h7-10,14,20H,3-6,18H2,1-2H3,(H2,19,21). The quantitative estimate of drug-likeness (QED) is 0.746. The molecule has 2 unspecified atom stereocenters. The lowest BCUT2D eigenvalue weighted by Crippen LogP contribution is -2.35. The summed E-state index contributed by atoms with van der Waals surface area (Å²) in [7, 11) is 0. The van der Waals surface area contributed by atoms with E-state index in [2.05, 4.69) is 19.2 Å². The molecule has 21 heavy (non-hydrogen) atoms. The van der Waals surface area contributed by atoms with Crippen LogP contribution in [0.3, 0.4) is 0 Å². The van der Waals surface area contributed by atoms with Gasteiger partial charge in [-0.1, -0.05) is 26.7 Å². The Morgan fingerprint density at radius 2 is 2.00 bits per heavy atom. The monoisotopic (exact) mass is 293 g/mol. The Labute approximate surface area is 125 Å². The molecule has 1 saturated carbocycles. The summed E-state index contributed by atoms with van der Waals surface area (Å²) in [6.07, 6.45) is 4.52. The minimum absolute atomic E-state index is 0.0783. The van der Waals surface area contributed by atoms with Gasteiger partial charge in [0, 0.05) is 11.7 Å². The Kier molecular flexibility index (Phi) is 4.70. The van der Waals surface area contributed by atoms with Gasteiger partial charge in [0.25, 0.3) is 5.91 Å². The van der Waals surface area contributed by atoms with Crippen molar-refractivity contribution in [2.24, 2.45) is 17.6 Å². The van der Waals surface area contributed by atoms with Gasteiger partial charge < -0.3 is 16.8 Å². The van der Waals surface area contributed by atoms with Crippen molar-refractivity contribution in [2.75, 3.05) is 11.1 Å². The van der Waals surface area contributed by atoms with Gasteiger partial charge in [-0.05, 0) is 36.8 Å². The Bertz CT molecular complexity index is 530. The molecule has 1 aromatic rings. The topological polar surface area (TPSA) is 81.1 Å². The normalized spacial score (nSPS) is 22.3. The van der Waals surface area contributed by atoms with Gasteiger partial charge >= 0.3 is 0 Å². The van der Waals surface area contributed by atoms with E-state index in [-0.39, 0.29) is 17.3 Å². The molecular formula is C16H24FN3O. The van der Waals surface area contributed by atoms with Crippen molar-refractivity contribution in [3.8, 4) is 0 Å². The van der Waals surface area contributed by atoms with Crippen LogP contribution in [-0.2, 0) is 0 Å². The van der Waals surface area contributed by atoms with Crippen molar-refractivity contribution in [1.29, 1.82) is 0 Å². The van der Waals surface area contributed by atoms with Crippen molar-refractivity contribution in [3.63, 3.8) is 0 Å². The smallest absolute Gasteiger partial charge is 0.250 e. The van der Waals surface area contributed by atoms with Gasteiger partial charge in [-0.2, -0.15) is 0 Å². The molecule has 1 amide bonds. The van der Waals surface area contributed by atoms with Crippen LogP contribution in [0.4, 0.5) is 15.8 Å². The zero-order chi connectivity index (χ0) is 15.6. The number of anilines is 2. The summed E-state index contributed by atoms with van der Waals surface area (Å²) in [5.41, 5.74) is 11.5. The minimum Gasteiger partial charge on any atom is -0.398 e. The number of nitrogens with one attached hydrogen (secondary N) is 1. The predicted octanol–water partition coefficient (Wildman–Crippen LogP) is 3.13. The summed E-state index contributed by atoms with van der Waals surface area (Å²) >= 11 is 0. The van der Waals surface area contributed by atoms with Gasteiger partial charge in [0.1, 0.15) is 5.82 Å². The van der Waals surface area contributed by atoms with Crippen LogP contribution in [0.5, 0.6) is 0 Å². The molecule has 5 N–H and O–H groups in total. The van der Waals surface area contributed by atoms with Crippen LogP contribution in [0.15, 0.2) is 12.1 Å². The number of benzene rings is 1. The molecule has 1 aromatic carbocycles. The molecule has 1 aliphatic rings. The summed E-state index contributed by atoms with van der Waals surface area (Å²) in [5, 5.41) is 3.26. The van der Waals surface area contributed by atoms with E-state index in [9.17, 15) is 9.18 Å². The molecule has 1 fully saturated rings. The van der Waals surface area contributed by atoms with Crippen LogP contribution in [0, 0.1) is 17.7 Å². The summed E-state index contributed by atoms with van der Waals surface area (Å²) in [5.74, 6) is -0.0341. The van der Waals surface area contributed by atoms with Gasteiger partial charge in [0.2, 0.25) is 0 Å². The van der Waals surface area contributed by atoms with E-state index in [0.29, 0.717) is 17.5 Å². The third kappa shape index (κ3) is 3.46. The maximum absolute atomic E-state index is 14.1. The Balaban J connectivity index is 2.25. The first kappa shape index (κ1) is 15.6. The molecule has 4 nitrogen and oxygen atoms in total. The van der Waals surface area contributed by atoms with Crippen LogP contribution in [-0.4, -0.2) is 11.9 Å². The van der Waals surface area contributed by atoms with Crippen LogP contribution < -0.4 is 16.8 Å². The summed E-state index contributed by atoms with van der Waals surface area (Å²) in [6, 6.07) is 2.81. The van der Waals surface area contributed by atoms with E-state index >= 15 is 0 Å². The highest BCUT2D eigenvalue weighted by Crippen LogP contribution is 2.33. The number of nitrogens with two attached hydrogens (primary N) is 2. The molecule has 2 rings (SSSR count). The van der Waals surface area contributed by atoms with Crippen LogP contribution in [0.1, 0.15) is 49.9 Å². The molecule has 0 aliphatic heterocycles. The number of primary amides is 1. The number of carbonyl (C=O) groups is 1. The number of rotatable bonds is 4. The van der Waals surface area contributed by atoms with Gasteiger partial charge in [-0.25, -0.2) is 4.39 Å². The number of hydrogen-bond donors (Lipinski definition) is 3. The highest BCUT2D eigenvalue weighted by molar-refractivity contribution is 5.99. The number of halogens is 1. The van der Waals surface area contributed by atoms with Gasteiger partial charge in [0.05, 0.1) is 11.3 Å². The van der Waals surface area contributed by atoms with Gasteiger partial charge in [-0.3, -0.25) is 4.79 Å². The highest BCUT2D eigenvalue weighted by Gasteiger charge is 2.28. The van der Waals surface area contributed by atoms with Crippen LogP contribution in [0.25, 0.3) is 0 Å². The maximum Gasteiger partial charge on any atom is 0.250 e. The van der Waals surface area contributed by atoms with Crippen molar-refractivity contribution >= 4 is 17.3 Å². The average molecular weight is 293 g/mol. The van der Waals surface area contributed by atoms with Crippen molar-refractivity contribution in [1.82, 2.24) is 0 Å². The second-order valence-corrected chi connectivity index (χ2v) is 6.23. The number of carbonyl (C=O) groups excluding carboxylic acids is 1. The number of hydrogen-bond acceptors (Lipinski definition) is 3. The second-order valence-electron chi connectivity index (χ2n) is 6.23. The zero-order valence-corrected chi connectivity index (χ0v) is 12.7. The zero-order valence-electron chi connectivity index (χ0n) is 12.7. The van der Waals surface area contributed by atoms with Gasteiger partial charge in [-0.15, -0.1) is 0 Å². The first-order valence-electron chi connectivity index (χ1n) is 7.55. The minimum atomic E-state index is -0.639. The molecule has 2 atom stereocenters. The lowest BCUT2D eigenvalue weighted by atomic mass is 9.77. The van der Waals surface area contributed by atoms with Crippen molar-refractivity contribution < 1.29 is 9.18 Å². The molecule has 0 bridgehead atoms. The van der Waals surface area contributed by atoms with E-state index < -0.39 is 11.7 Å². The molecule has 5 heteroatoms. The predicted molar refractivity (Wildman–Crippen MR) is 83.5 cm³/mol. The average Bonchev–Trinajstić information content (AvgIpc) is 2.41. The Hall–Kier alpha value is -1.78. The van der Waals surface area contributed by atoms with E-state index in [0.717, 1.165) is 25.3 Å². The van der Waals surface area contributed by atoms with E-state index in [1.807, 2.05) is 0 Å². The fourth-order valence-electron chi connectivity index (χ4n) is 3.25. The van der Waals surface area contributed by atoms with E-state index in [4.69, 9.17) is 11.5 Å². The van der Waals surface area contributed by atoms with Crippen LogP contribution >= 0.6 is 0 Å². The maximum atomic E-state index is 14.1. The molecule has 0 heterocycles. The molecule has 0 radical (unpaired) electrons. The molecule has 116 valence electrons. The van der Waals surface area contributed by atoms with Crippen molar-refractivity contribution in [2.45, 2.75) is 45.6 Å². The molecular weight excluding hydrogens is 269 g/mol. The summed E-state index contributed by atoms with van der Waals surface area (Å²) < 4.78 is 14.1. The molecule has 1 aliphatic carbocycles. The van der Waals surface area contributed by atoms with Gasteiger partial charge in [0.15, 0.2) is 0 Å². The SMILES string of the molecule is CC(C)C1CCCCC1Nc1cc(C(N)=O)c(N)cc1F. The number of amides is 1. The molecule has 0 saturated heterocycles. The largest absolute Gasteiger partial charge is 0.398 e. The Morgan fingerprint density at radius 1 is 1.33 bits per heavy atom. The third-order valence-corrected chi connectivity index (χ3v) is 4.42. The fraction of sp³-hybridized carbons (Fsp3) is 0.562. The number of nitrogen functional groups attached to an aromatic ring is 1. The fourth-order valence-corrected chi connectivity index (χ4v) is 3.25. The second kappa shape index (κ2) is 6.33. The lowest BCUT2D eigenvalue weighted by molar-refractivity contribution is 0.100. The lowest BCUT2D eigenvalue weighted by Gasteiger charge is -2.35. The highest BCUT2D eigenvalue weighted by atomic mass is 19.1. The van der Waals surface area contributed by atoms with Crippen LogP contribution in [0.2, 0.25) is 0 Å². The molecule has 0 spiro atoms. The first-order chi connectivity index (χ1) is 9.90. The summed E-state index contributed by atoms with van der Waals surface area (Å²) in [6.45, 7) is 4.39. The Morgan fingerprint density at radius 3 is 2.62 bits per heavy atom.